The van der Waals surface area contributed by atoms with Crippen LogP contribution in [0, 0.1) is 5.82 Å². The zero-order valence-corrected chi connectivity index (χ0v) is 11.6. The third kappa shape index (κ3) is 3.02. The lowest BCUT2D eigenvalue weighted by Crippen LogP contribution is -2.00. The first-order valence-electron chi connectivity index (χ1n) is 4.99. The fourth-order valence-corrected chi connectivity index (χ4v) is 1.99. The first-order valence-corrected chi connectivity index (χ1v) is 6.17. The Morgan fingerprint density at radius 3 is 2.79 bits per heavy atom. The van der Waals surface area contributed by atoms with Gasteiger partial charge in [-0.25, -0.2) is 14.2 Å². The van der Waals surface area contributed by atoms with Gasteiger partial charge in [-0.3, -0.25) is 0 Å². The molecule has 0 spiro atoms. The lowest BCUT2D eigenvalue weighted by Gasteiger charge is -2.09. The summed E-state index contributed by atoms with van der Waals surface area (Å²) in [6.07, 6.45) is 1.27. The van der Waals surface area contributed by atoms with Crippen molar-refractivity contribution in [3.63, 3.8) is 0 Å². The summed E-state index contributed by atoms with van der Waals surface area (Å²) < 4.78 is 18.7. The standard InChI is InChI=1S/C12H6BrClFNO3/c13-8-5-6(15)1-2-9(8)19-11-10(14)7(12(17)18)3-4-16-11/h1-5H,(H,17,18). The van der Waals surface area contributed by atoms with Gasteiger partial charge in [0.1, 0.15) is 16.6 Å². The van der Waals surface area contributed by atoms with Gasteiger partial charge in [0.2, 0.25) is 5.88 Å². The molecule has 0 fully saturated rings. The van der Waals surface area contributed by atoms with Gasteiger partial charge in [0.05, 0.1) is 10.0 Å². The SMILES string of the molecule is O=C(O)c1ccnc(Oc2ccc(F)cc2Br)c1Cl. The molecule has 1 aromatic carbocycles. The average molecular weight is 347 g/mol. The maximum absolute atomic E-state index is 12.9. The molecule has 0 aliphatic rings. The topological polar surface area (TPSA) is 59.4 Å². The minimum Gasteiger partial charge on any atom is -0.478 e. The van der Waals surface area contributed by atoms with E-state index in [4.69, 9.17) is 21.4 Å². The molecular weight excluding hydrogens is 340 g/mol. The largest absolute Gasteiger partial charge is 0.478 e. The Hall–Kier alpha value is -1.66. The molecule has 1 heterocycles. The number of nitrogens with zero attached hydrogens (tertiary/aromatic N) is 1. The average Bonchev–Trinajstić information content (AvgIpc) is 2.34. The van der Waals surface area contributed by atoms with Crippen LogP contribution in [0.3, 0.4) is 0 Å². The van der Waals surface area contributed by atoms with Gasteiger partial charge < -0.3 is 9.84 Å². The van der Waals surface area contributed by atoms with E-state index in [1.807, 2.05) is 0 Å². The van der Waals surface area contributed by atoms with Gasteiger partial charge in [0.25, 0.3) is 0 Å². The highest BCUT2D eigenvalue weighted by molar-refractivity contribution is 9.10. The molecule has 0 aliphatic carbocycles. The van der Waals surface area contributed by atoms with Crippen molar-refractivity contribution in [2.45, 2.75) is 0 Å². The molecule has 2 rings (SSSR count). The van der Waals surface area contributed by atoms with E-state index >= 15 is 0 Å². The molecule has 0 amide bonds. The van der Waals surface area contributed by atoms with Gasteiger partial charge in [-0.2, -0.15) is 0 Å². The summed E-state index contributed by atoms with van der Waals surface area (Å²) in [6, 6.07) is 5.06. The first-order chi connectivity index (χ1) is 8.99. The number of pyridine rings is 1. The van der Waals surface area contributed by atoms with Gasteiger partial charge in [-0.15, -0.1) is 0 Å². The number of aromatic carboxylic acids is 1. The molecule has 0 radical (unpaired) electrons. The second kappa shape index (κ2) is 5.54. The quantitative estimate of drug-likeness (QED) is 0.908. The molecule has 0 saturated heterocycles. The van der Waals surface area contributed by atoms with Crippen LogP contribution in [0.15, 0.2) is 34.9 Å². The third-order valence-electron chi connectivity index (χ3n) is 2.19. The van der Waals surface area contributed by atoms with E-state index < -0.39 is 11.8 Å². The van der Waals surface area contributed by atoms with Crippen molar-refractivity contribution >= 4 is 33.5 Å². The number of halogens is 3. The van der Waals surface area contributed by atoms with Crippen LogP contribution in [0.4, 0.5) is 4.39 Å². The highest BCUT2D eigenvalue weighted by Crippen LogP contribution is 2.33. The Bertz CT molecular complexity index is 651. The van der Waals surface area contributed by atoms with Crippen LogP contribution in [0.5, 0.6) is 11.6 Å². The van der Waals surface area contributed by atoms with Crippen LogP contribution < -0.4 is 4.74 Å². The lowest BCUT2D eigenvalue weighted by molar-refractivity contribution is 0.0696. The van der Waals surface area contributed by atoms with Crippen LogP contribution >= 0.6 is 27.5 Å². The van der Waals surface area contributed by atoms with E-state index in [9.17, 15) is 9.18 Å². The Labute approximate surface area is 120 Å². The highest BCUT2D eigenvalue weighted by Gasteiger charge is 2.15. The van der Waals surface area contributed by atoms with E-state index in [-0.39, 0.29) is 22.2 Å². The summed E-state index contributed by atoms with van der Waals surface area (Å²) in [7, 11) is 0. The molecule has 0 aliphatic heterocycles. The number of aromatic nitrogens is 1. The predicted molar refractivity (Wildman–Crippen MR) is 70.4 cm³/mol. The minimum absolute atomic E-state index is 0.0612. The van der Waals surface area contributed by atoms with Gasteiger partial charge in [-0.05, 0) is 40.2 Å². The molecule has 0 bridgehead atoms. The fraction of sp³-hybridized carbons (Fsp3) is 0. The first kappa shape index (κ1) is 13.8. The molecule has 0 unspecified atom stereocenters. The Morgan fingerprint density at radius 1 is 1.42 bits per heavy atom. The van der Waals surface area contributed by atoms with Crippen molar-refractivity contribution in [2.24, 2.45) is 0 Å². The highest BCUT2D eigenvalue weighted by atomic mass is 79.9. The Morgan fingerprint density at radius 2 is 2.16 bits per heavy atom. The number of carboxylic acid groups (broad SMARTS) is 1. The number of carboxylic acids is 1. The lowest BCUT2D eigenvalue weighted by atomic mass is 10.2. The van der Waals surface area contributed by atoms with E-state index in [1.54, 1.807) is 0 Å². The van der Waals surface area contributed by atoms with Crippen LogP contribution in [0.1, 0.15) is 10.4 Å². The van der Waals surface area contributed by atoms with Crippen LogP contribution in [0.25, 0.3) is 0 Å². The fourth-order valence-electron chi connectivity index (χ4n) is 1.32. The van der Waals surface area contributed by atoms with Crippen LogP contribution in [-0.2, 0) is 0 Å². The Balaban J connectivity index is 2.38. The number of hydrogen-bond acceptors (Lipinski definition) is 3. The molecule has 7 heteroatoms. The van der Waals surface area contributed by atoms with Crippen molar-refractivity contribution < 1.29 is 19.0 Å². The Kier molecular flexibility index (Phi) is 4.01. The summed E-state index contributed by atoms with van der Waals surface area (Å²) in [6.45, 7) is 0. The molecule has 2 aromatic rings. The molecule has 1 N–H and O–H groups in total. The maximum atomic E-state index is 12.9. The monoisotopic (exact) mass is 345 g/mol. The second-order valence-electron chi connectivity index (χ2n) is 3.46. The summed E-state index contributed by atoms with van der Waals surface area (Å²) in [5.41, 5.74) is -0.120. The van der Waals surface area contributed by atoms with Crippen molar-refractivity contribution in [3.8, 4) is 11.6 Å². The number of benzene rings is 1. The molecule has 0 saturated carbocycles. The van der Waals surface area contributed by atoms with E-state index in [1.165, 1.54) is 30.5 Å². The van der Waals surface area contributed by atoms with E-state index in [0.717, 1.165) is 0 Å². The third-order valence-corrected chi connectivity index (χ3v) is 3.17. The van der Waals surface area contributed by atoms with Gasteiger partial charge in [0, 0.05) is 6.20 Å². The summed E-state index contributed by atoms with van der Waals surface area (Å²) in [4.78, 5) is 14.8. The number of hydrogen-bond donors (Lipinski definition) is 1. The normalized spacial score (nSPS) is 10.3. The van der Waals surface area contributed by atoms with Crippen molar-refractivity contribution in [3.05, 3.63) is 51.3 Å². The molecule has 1 aromatic heterocycles. The maximum Gasteiger partial charge on any atom is 0.337 e. The van der Waals surface area contributed by atoms with Crippen LogP contribution in [-0.4, -0.2) is 16.1 Å². The predicted octanol–water partition coefficient (Wildman–Crippen LogP) is 4.13. The number of carbonyl (C=O) groups is 1. The van der Waals surface area contributed by atoms with Crippen molar-refractivity contribution in [1.82, 2.24) is 4.98 Å². The molecule has 0 atom stereocenters. The zero-order valence-electron chi connectivity index (χ0n) is 9.23. The van der Waals surface area contributed by atoms with E-state index in [2.05, 4.69) is 20.9 Å². The van der Waals surface area contributed by atoms with Gasteiger partial charge in [0.15, 0.2) is 0 Å². The second-order valence-corrected chi connectivity index (χ2v) is 4.69. The van der Waals surface area contributed by atoms with E-state index in [0.29, 0.717) is 4.47 Å². The zero-order chi connectivity index (χ0) is 14.0. The number of rotatable bonds is 3. The molecule has 98 valence electrons. The molecule has 19 heavy (non-hydrogen) atoms. The summed E-state index contributed by atoms with van der Waals surface area (Å²) in [5, 5.41) is 8.80. The summed E-state index contributed by atoms with van der Waals surface area (Å²) >= 11 is 9.00. The molecule has 4 nitrogen and oxygen atoms in total. The minimum atomic E-state index is -1.18. The van der Waals surface area contributed by atoms with Gasteiger partial charge >= 0.3 is 5.97 Å². The van der Waals surface area contributed by atoms with Crippen molar-refractivity contribution in [1.29, 1.82) is 0 Å². The summed E-state index contributed by atoms with van der Waals surface area (Å²) in [5.74, 6) is -1.40. The number of ether oxygens (including phenoxy) is 1. The van der Waals surface area contributed by atoms with Crippen LogP contribution in [0.2, 0.25) is 5.02 Å². The van der Waals surface area contributed by atoms with Crippen molar-refractivity contribution in [2.75, 3.05) is 0 Å². The molecular formula is C12H6BrClFNO3. The van der Waals surface area contributed by atoms with Gasteiger partial charge in [-0.1, -0.05) is 11.6 Å². The smallest absolute Gasteiger partial charge is 0.337 e.